The lowest BCUT2D eigenvalue weighted by Crippen LogP contribution is -2.50. The van der Waals surface area contributed by atoms with Gasteiger partial charge in [-0.25, -0.2) is 4.79 Å². The molecule has 1 unspecified atom stereocenters. The highest BCUT2D eigenvalue weighted by atomic mass is 35.5. The molecule has 0 saturated carbocycles. The number of benzene rings is 3. The Kier molecular flexibility index (Phi) is 7.85. The number of hydrogen-bond donors (Lipinski definition) is 1. The van der Waals surface area contributed by atoms with Crippen molar-refractivity contribution in [2.75, 3.05) is 31.5 Å². The Morgan fingerprint density at radius 2 is 1.69 bits per heavy atom. The average molecular weight is 523 g/mol. The number of hydrogen-bond acceptors (Lipinski definition) is 2. The molecule has 0 bridgehead atoms. The van der Waals surface area contributed by atoms with Crippen molar-refractivity contribution >= 4 is 34.9 Å². The molecule has 6 heteroatoms. The first-order valence-electron chi connectivity index (χ1n) is 12.9. The molecular weight excluding hydrogens is 489 g/mol. The van der Waals surface area contributed by atoms with Crippen molar-refractivity contribution in [1.82, 2.24) is 9.80 Å². The van der Waals surface area contributed by atoms with Crippen LogP contribution in [-0.2, 0) is 18.4 Å². The van der Waals surface area contributed by atoms with Gasteiger partial charge in [0.05, 0.1) is 10.0 Å². The number of amides is 2. The van der Waals surface area contributed by atoms with Crippen LogP contribution in [0.4, 0.5) is 10.5 Å². The predicted octanol–water partition coefficient (Wildman–Crippen LogP) is 7.40. The number of rotatable bonds is 6. The van der Waals surface area contributed by atoms with Crippen molar-refractivity contribution < 1.29 is 4.79 Å². The lowest BCUT2D eigenvalue weighted by Gasteiger charge is -2.44. The van der Waals surface area contributed by atoms with Crippen LogP contribution in [0.3, 0.4) is 0 Å². The summed E-state index contributed by atoms with van der Waals surface area (Å²) < 4.78 is 0. The van der Waals surface area contributed by atoms with Crippen LogP contribution in [0.5, 0.6) is 0 Å². The second-order valence-electron chi connectivity index (χ2n) is 10.1. The molecule has 0 spiro atoms. The molecule has 4 nitrogen and oxygen atoms in total. The fraction of sp³-hybridized carbons (Fsp3) is 0.367. The molecule has 1 fully saturated rings. The standard InChI is InChI=1S/C30H33Cl2N3O/c31-27-13-12-25(20-28(27)32)30(15-6-17-34-19-14-23-8-4-5-9-24(23)21-34)16-7-18-35(22-30)29(36)33-26-10-2-1-3-11-26/h1-5,8-13,20H,6-7,14-19,21-22H2,(H,33,36). The molecule has 188 valence electrons. The van der Waals surface area contributed by atoms with Gasteiger partial charge in [-0.05, 0) is 79.6 Å². The first-order chi connectivity index (χ1) is 17.5. The van der Waals surface area contributed by atoms with E-state index in [0.717, 1.165) is 64.0 Å². The molecule has 1 saturated heterocycles. The number of anilines is 1. The SMILES string of the molecule is O=C(Nc1ccccc1)N1CCCC(CCCN2CCc3ccccc3C2)(c2ccc(Cl)c(Cl)c2)C1. The molecule has 2 heterocycles. The molecule has 2 amide bonds. The first kappa shape index (κ1) is 25.1. The van der Waals surface area contributed by atoms with Crippen molar-refractivity contribution in [1.29, 1.82) is 0 Å². The van der Waals surface area contributed by atoms with E-state index in [4.69, 9.17) is 23.2 Å². The average Bonchev–Trinajstić information content (AvgIpc) is 2.91. The van der Waals surface area contributed by atoms with Gasteiger partial charge in [-0.3, -0.25) is 4.90 Å². The smallest absolute Gasteiger partial charge is 0.321 e. The number of para-hydroxylation sites is 1. The number of likely N-dealkylation sites (tertiary alicyclic amines) is 1. The zero-order valence-corrected chi connectivity index (χ0v) is 22.1. The molecular formula is C30H33Cl2N3O. The molecule has 0 radical (unpaired) electrons. The Labute approximate surface area is 224 Å². The number of halogens is 2. The molecule has 5 rings (SSSR count). The van der Waals surface area contributed by atoms with Crippen molar-refractivity contribution in [2.24, 2.45) is 0 Å². The highest BCUT2D eigenvalue weighted by molar-refractivity contribution is 6.42. The van der Waals surface area contributed by atoms with E-state index in [1.807, 2.05) is 47.4 Å². The quantitative estimate of drug-likeness (QED) is 0.366. The van der Waals surface area contributed by atoms with E-state index in [9.17, 15) is 4.79 Å². The molecule has 0 aromatic heterocycles. The Morgan fingerprint density at radius 3 is 2.50 bits per heavy atom. The third kappa shape index (κ3) is 5.72. The maximum Gasteiger partial charge on any atom is 0.321 e. The molecule has 1 atom stereocenters. The van der Waals surface area contributed by atoms with E-state index in [0.29, 0.717) is 16.6 Å². The summed E-state index contributed by atoms with van der Waals surface area (Å²) in [5.41, 5.74) is 4.78. The minimum absolute atomic E-state index is 0.0435. The summed E-state index contributed by atoms with van der Waals surface area (Å²) >= 11 is 12.7. The van der Waals surface area contributed by atoms with Gasteiger partial charge >= 0.3 is 6.03 Å². The van der Waals surface area contributed by atoms with Crippen LogP contribution in [0, 0.1) is 0 Å². The normalized spacial score (nSPS) is 20.1. The van der Waals surface area contributed by atoms with Gasteiger partial charge in [0.1, 0.15) is 0 Å². The molecule has 1 N–H and O–H groups in total. The second-order valence-corrected chi connectivity index (χ2v) is 10.9. The Bertz CT molecular complexity index is 1200. The molecule has 2 aliphatic rings. The monoisotopic (exact) mass is 521 g/mol. The van der Waals surface area contributed by atoms with Crippen LogP contribution in [0.25, 0.3) is 0 Å². The van der Waals surface area contributed by atoms with Crippen LogP contribution in [0.2, 0.25) is 10.0 Å². The number of urea groups is 1. The summed E-state index contributed by atoms with van der Waals surface area (Å²) in [5.74, 6) is 0. The van der Waals surface area contributed by atoms with Gasteiger partial charge in [-0.2, -0.15) is 0 Å². The minimum atomic E-state index is -0.145. The summed E-state index contributed by atoms with van der Waals surface area (Å²) in [4.78, 5) is 17.7. The second kappa shape index (κ2) is 11.2. The fourth-order valence-electron chi connectivity index (χ4n) is 5.83. The third-order valence-corrected chi connectivity index (χ3v) is 8.50. The maximum absolute atomic E-state index is 13.2. The van der Waals surface area contributed by atoms with Crippen molar-refractivity contribution in [2.45, 2.75) is 44.1 Å². The van der Waals surface area contributed by atoms with E-state index in [1.165, 1.54) is 16.7 Å². The molecule has 3 aromatic rings. The van der Waals surface area contributed by atoms with Crippen molar-refractivity contribution in [3.8, 4) is 0 Å². The molecule has 36 heavy (non-hydrogen) atoms. The number of carbonyl (C=O) groups excluding carboxylic acids is 1. The summed E-state index contributed by atoms with van der Waals surface area (Å²) in [7, 11) is 0. The van der Waals surface area contributed by atoms with E-state index < -0.39 is 0 Å². The van der Waals surface area contributed by atoms with Crippen LogP contribution in [0.15, 0.2) is 72.8 Å². The highest BCUT2D eigenvalue weighted by Gasteiger charge is 2.39. The Balaban J connectivity index is 1.31. The summed E-state index contributed by atoms with van der Waals surface area (Å²) in [6.07, 6.45) is 5.17. The molecule has 3 aromatic carbocycles. The van der Waals surface area contributed by atoms with Gasteiger partial charge in [0.15, 0.2) is 0 Å². The van der Waals surface area contributed by atoms with E-state index in [1.54, 1.807) is 0 Å². The summed E-state index contributed by atoms with van der Waals surface area (Å²) in [6.45, 7) is 4.59. The lowest BCUT2D eigenvalue weighted by molar-refractivity contribution is 0.147. The van der Waals surface area contributed by atoms with E-state index >= 15 is 0 Å². The summed E-state index contributed by atoms with van der Waals surface area (Å²) in [6, 6.07) is 24.4. The van der Waals surface area contributed by atoms with Gasteiger partial charge in [-0.15, -0.1) is 0 Å². The van der Waals surface area contributed by atoms with Crippen LogP contribution in [-0.4, -0.2) is 42.0 Å². The van der Waals surface area contributed by atoms with E-state index in [-0.39, 0.29) is 11.4 Å². The zero-order chi connectivity index (χ0) is 25.0. The topological polar surface area (TPSA) is 35.6 Å². The highest BCUT2D eigenvalue weighted by Crippen LogP contribution is 2.41. The first-order valence-corrected chi connectivity index (χ1v) is 13.6. The fourth-order valence-corrected chi connectivity index (χ4v) is 6.12. The minimum Gasteiger partial charge on any atom is -0.324 e. The largest absolute Gasteiger partial charge is 0.324 e. The van der Waals surface area contributed by atoms with Gasteiger partial charge in [0.25, 0.3) is 0 Å². The van der Waals surface area contributed by atoms with Gasteiger partial charge in [0, 0.05) is 37.3 Å². The maximum atomic E-state index is 13.2. The Hall–Kier alpha value is -2.53. The number of carbonyl (C=O) groups is 1. The van der Waals surface area contributed by atoms with Gasteiger partial charge in [-0.1, -0.05) is 71.7 Å². The van der Waals surface area contributed by atoms with Gasteiger partial charge < -0.3 is 10.2 Å². The molecule has 2 aliphatic heterocycles. The van der Waals surface area contributed by atoms with Crippen molar-refractivity contribution in [3.05, 3.63) is 99.5 Å². The van der Waals surface area contributed by atoms with Crippen LogP contribution >= 0.6 is 23.2 Å². The van der Waals surface area contributed by atoms with E-state index in [2.05, 4.69) is 40.5 Å². The third-order valence-electron chi connectivity index (χ3n) is 7.76. The lowest BCUT2D eigenvalue weighted by atomic mass is 9.71. The van der Waals surface area contributed by atoms with Crippen LogP contribution in [0.1, 0.15) is 42.4 Å². The zero-order valence-electron chi connectivity index (χ0n) is 20.6. The van der Waals surface area contributed by atoms with Crippen molar-refractivity contribution in [3.63, 3.8) is 0 Å². The summed E-state index contributed by atoms with van der Waals surface area (Å²) in [5, 5.41) is 4.21. The number of nitrogens with zero attached hydrogens (tertiary/aromatic N) is 2. The Morgan fingerprint density at radius 1 is 0.917 bits per heavy atom. The number of fused-ring (bicyclic) bond motifs is 1. The predicted molar refractivity (Wildman–Crippen MR) is 149 cm³/mol. The van der Waals surface area contributed by atoms with Crippen LogP contribution < -0.4 is 5.32 Å². The number of piperidine rings is 1. The van der Waals surface area contributed by atoms with Gasteiger partial charge in [0.2, 0.25) is 0 Å². The number of nitrogens with one attached hydrogen (secondary N) is 1. The molecule has 0 aliphatic carbocycles.